The van der Waals surface area contributed by atoms with Gasteiger partial charge in [-0.15, -0.1) is 0 Å². The zero-order chi connectivity index (χ0) is 23.1. The predicted molar refractivity (Wildman–Crippen MR) is 123 cm³/mol. The highest BCUT2D eigenvalue weighted by molar-refractivity contribution is 6.03. The number of rotatable bonds is 4. The lowest BCUT2D eigenvalue weighted by Gasteiger charge is -2.68. The van der Waals surface area contributed by atoms with Gasteiger partial charge in [0.05, 0.1) is 11.1 Å². The van der Waals surface area contributed by atoms with E-state index in [0.29, 0.717) is 23.0 Å². The Bertz CT molecular complexity index is 885. The summed E-state index contributed by atoms with van der Waals surface area (Å²) in [5, 5.41) is 0. The number of ether oxygens (including phenoxy) is 2. The molecule has 4 bridgehead atoms. The zero-order valence-corrected chi connectivity index (χ0v) is 20.5. The van der Waals surface area contributed by atoms with Crippen LogP contribution in [0.4, 0.5) is 0 Å². The van der Waals surface area contributed by atoms with Crippen molar-refractivity contribution in [2.75, 3.05) is 0 Å². The molecule has 32 heavy (non-hydrogen) atoms. The standard InChI is InChI=1S/C28H38O4/c1-25(2)19-13-9-15-27(25,5)21(19)31-23(29)17-11-7-8-12-18(17)24(30)32-22-20-14-10-16-28(22,6)26(20,3)4/h7-8,11-12,19-22H,9-10,13-16H2,1-6H3. The molecule has 1 aromatic carbocycles. The lowest BCUT2D eigenvalue weighted by molar-refractivity contribution is -0.250. The van der Waals surface area contributed by atoms with Gasteiger partial charge in [-0.25, -0.2) is 9.59 Å². The molecule has 4 heteroatoms. The van der Waals surface area contributed by atoms with Crippen molar-refractivity contribution in [3.63, 3.8) is 0 Å². The molecule has 0 spiro atoms. The lowest BCUT2D eigenvalue weighted by atomic mass is 9.39. The molecule has 0 amide bonds. The largest absolute Gasteiger partial charge is 0.458 e. The Morgan fingerprint density at radius 1 is 0.719 bits per heavy atom. The fourth-order valence-corrected chi connectivity index (χ4v) is 7.99. The van der Waals surface area contributed by atoms with E-state index < -0.39 is 11.9 Å². The number of fused-ring (bicyclic) bond motifs is 4. The molecule has 4 fully saturated rings. The van der Waals surface area contributed by atoms with Gasteiger partial charge in [0.15, 0.2) is 0 Å². The maximum atomic E-state index is 13.3. The minimum absolute atomic E-state index is 0.00454. The highest BCUT2D eigenvalue weighted by atomic mass is 16.6. The van der Waals surface area contributed by atoms with Crippen LogP contribution in [-0.4, -0.2) is 24.1 Å². The highest BCUT2D eigenvalue weighted by Crippen LogP contribution is 2.69. The molecular formula is C28H38O4. The molecule has 4 aliphatic carbocycles. The van der Waals surface area contributed by atoms with Crippen LogP contribution in [0.5, 0.6) is 0 Å². The molecule has 0 aromatic heterocycles. The lowest BCUT2D eigenvalue weighted by Crippen LogP contribution is -2.68. The topological polar surface area (TPSA) is 52.6 Å². The minimum atomic E-state index is -0.392. The molecule has 4 aliphatic rings. The van der Waals surface area contributed by atoms with Crippen molar-refractivity contribution in [1.82, 2.24) is 0 Å². The monoisotopic (exact) mass is 438 g/mol. The van der Waals surface area contributed by atoms with Crippen molar-refractivity contribution < 1.29 is 19.1 Å². The summed E-state index contributed by atoms with van der Waals surface area (Å²) < 4.78 is 12.2. The van der Waals surface area contributed by atoms with Crippen LogP contribution < -0.4 is 0 Å². The van der Waals surface area contributed by atoms with Crippen LogP contribution in [0.1, 0.15) is 101 Å². The molecule has 4 saturated carbocycles. The summed E-state index contributed by atoms with van der Waals surface area (Å²) in [5.41, 5.74) is 1.03. The van der Waals surface area contributed by atoms with Gasteiger partial charge >= 0.3 is 11.9 Å². The van der Waals surface area contributed by atoms with Crippen LogP contribution in [0.3, 0.4) is 0 Å². The van der Waals surface area contributed by atoms with E-state index in [9.17, 15) is 9.59 Å². The zero-order valence-electron chi connectivity index (χ0n) is 20.5. The molecule has 0 heterocycles. The Hall–Kier alpha value is -1.84. The molecule has 1 aromatic rings. The smallest absolute Gasteiger partial charge is 0.339 e. The summed E-state index contributed by atoms with van der Waals surface area (Å²) in [5.74, 6) is -0.00488. The van der Waals surface area contributed by atoms with Gasteiger partial charge in [0.25, 0.3) is 0 Å². The van der Waals surface area contributed by atoms with Crippen LogP contribution in [0.25, 0.3) is 0 Å². The van der Waals surface area contributed by atoms with Crippen molar-refractivity contribution >= 4 is 11.9 Å². The molecule has 0 aliphatic heterocycles. The molecule has 0 saturated heterocycles. The summed E-state index contributed by atoms with van der Waals surface area (Å²) >= 11 is 0. The summed E-state index contributed by atoms with van der Waals surface area (Å²) in [6.07, 6.45) is 6.59. The van der Waals surface area contributed by atoms with Gasteiger partial charge in [0, 0.05) is 22.7 Å². The quantitative estimate of drug-likeness (QED) is 0.508. The normalized spacial score (nSPS) is 40.4. The van der Waals surface area contributed by atoms with Crippen LogP contribution in [-0.2, 0) is 9.47 Å². The van der Waals surface area contributed by atoms with Crippen LogP contribution >= 0.6 is 0 Å². The third-order valence-corrected chi connectivity index (χ3v) is 11.0. The predicted octanol–water partition coefficient (Wildman–Crippen LogP) is 6.43. The third-order valence-electron chi connectivity index (χ3n) is 11.0. The Morgan fingerprint density at radius 2 is 1.09 bits per heavy atom. The minimum Gasteiger partial charge on any atom is -0.458 e. The molecule has 6 atom stereocenters. The molecular weight excluding hydrogens is 400 g/mol. The second-order valence-electron chi connectivity index (χ2n) is 12.5. The van der Waals surface area contributed by atoms with Gasteiger partial charge in [-0.05, 0) is 48.6 Å². The molecule has 0 N–H and O–H groups in total. The summed E-state index contributed by atoms with van der Waals surface area (Å²) in [4.78, 5) is 26.5. The van der Waals surface area contributed by atoms with E-state index in [0.717, 1.165) is 25.7 Å². The molecule has 174 valence electrons. The number of hydrogen-bond acceptors (Lipinski definition) is 4. The van der Waals surface area contributed by atoms with Gasteiger partial charge in [-0.2, -0.15) is 0 Å². The van der Waals surface area contributed by atoms with Crippen molar-refractivity contribution in [1.29, 1.82) is 0 Å². The number of carbonyl (C=O) groups excluding carboxylic acids is 2. The Balaban J connectivity index is 1.34. The first kappa shape index (κ1) is 22.0. The molecule has 4 nitrogen and oxygen atoms in total. The van der Waals surface area contributed by atoms with Crippen LogP contribution in [0.2, 0.25) is 0 Å². The van der Waals surface area contributed by atoms with E-state index >= 15 is 0 Å². The van der Waals surface area contributed by atoms with Gasteiger partial charge in [0.1, 0.15) is 12.2 Å². The first-order valence-corrected chi connectivity index (χ1v) is 12.5. The molecule has 5 rings (SSSR count). The molecule has 6 unspecified atom stereocenters. The highest BCUT2D eigenvalue weighted by Gasteiger charge is 2.68. The SMILES string of the molecule is CC1(C)C2CCCC1(C)C2OC(=O)c1ccccc1C(=O)OC1C2CCCC1(C)C2(C)C. The van der Waals surface area contributed by atoms with Gasteiger partial charge in [-0.1, -0.05) is 66.5 Å². The van der Waals surface area contributed by atoms with Crippen molar-refractivity contribution in [2.45, 2.75) is 92.3 Å². The van der Waals surface area contributed by atoms with Gasteiger partial charge in [0.2, 0.25) is 0 Å². The van der Waals surface area contributed by atoms with Crippen molar-refractivity contribution in [3.8, 4) is 0 Å². The van der Waals surface area contributed by atoms with E-state index in [2.05, 4.69) is 41.5 Å². The third kappa shape index (κ3) is 2.61. The van der Waals surface area contributed by atoms with Gasteiger partial charge < -0.3 is 9.47 Å². The number of carbonyl (C=O) groups is 2. The van der Waals surface area contributed by atoms with E-state index in [1.54, 1.807) is 24.3 Å². The molecule has 0 radical (unpaired) electrons. The van der Waals surface area contributed by atoms with Crippen molar-refractivity contribution in [2.24, 2.45) is 33.5 Å². The second-order valence-corrected chi connectivity index (χ2v) is 12.5. The second kappa shape index (κ2) is 6.84. The van der Waals surface area contributed by atoms with E-state index in [1.807, 2.05) is 0 Å². The Morgan fingerprint density at radius 3 is 1.41 bits per heavy atom. The first-order chi connectivity index (χ1) is 14.9. The summed E-state index contributed by atoms with van der Waals surface area (Å²) in [7, 11) is 0. The summed E-state index contributed by atoms with van der Waals surface area (Å²) in [6.45, 7) is 13.7. The van der Waals surface area contributed by atoms with E-state index in [1.165, 1.54) is 12.8 Å². The van der Waals surface area contributed by atoms with E-state index in [4.69, 9.17) is 9.47 Å². The summed E-state index contributed by atoms with van der Waals surface area (Å²) in [6, 6.07) is 6.99. The van der Waals surface area contributed by atoms with Crippen molar-refractivity contribution in [3.05, 3.63) is 35.4 Å². The number of esters is 2. The van der Waals surface area contributed by atoms with Gasteiger partial charge in [-0.3, -0.25) is 0 Å². The maximum absolute atomic E-state index is 13.3. The van der Waals surface area contributed by atoms with E-state index in [-0.39, 0.29) is 33.9 Å². The fourth-order valence-electron chi connectivity index (χ4n) is 7.99. The Kier molecular flexibility index (Phi) is 4.69. The number of benzene rings is 1. The fraction of sp³-hybridized carbons (Fsp3) is 0.714. The average molecular weight is 439 g/mol. The maximum Gasteiger partial charge on any atom is 0.339 e. The number of hydrogen-bond donors (Lipinski definition) is 0. The first-order valence-electron chi connectivity index (χ1n) is 12.5. The average Bonchev–Trinajstić information content (AvgIpc) is 2.75. The van der Waals surface area contributed by atoms with Crippen LogP contribution in [0.15, 0.2) is 24.3 Å². The van der Waals surface area contributed by atoms with Crippen LogP contribution in [0, 0.1) is 33.5 Å². The Labute approximate surface area is 192 Å².